The predicted molar refractivity (Wildman–Crippen MR) is 40.6 cm³/mol. The molecule has 1 aliphatic rings. The molecule has 2 heteroatoms. The van der Waals surface area contributed by atoms with Crippen LogP contribution in [0.4, 0.5) is 0 Å². The first-order valence-electron chi connectivity index (χ1n) is 3.52. The third-order valence-corrected chi connectivity index (χ3v) is 0.707. The van der Waals surface area contributed by atoms with E-state index in [4.69, 9.17) is 4.79 Å². The van der Waals surface area contributed by atoms with Crippen molar-refractivity contribution in [1.29, 1.82) is 0 Å². The lowest BCUT2D eigenvalue weighted by molar-refractivity contribution is -0.106. The fraction of sp³-hybridized carbons (Fsp3) is 0.857. The lowest BCUT2D eigenvalue weighted by Crippen LogP contribution is -2.29. The summed E-state index contributed by atoms with van der Waals surface area (Å²) >= 11 is 0. The van der Waals surface area contributed by atoms with Gasteiger partial charge in [0.1, 0.15) is 6.29 Å². The quantitative estimate of drug-likeness (QED) is 0.501. The fourth-order valence-corrected chi connectivity index (χ4v) is 0.177. The molecular formula is C7H17NO. The summed E-state index contributed by atoms with van der Waals surface area (Å²) in [6, 6.07) is 0. The molecule has 1 saturated heterocycles. The largest absolute Gasteiger partial charge is 0.317 e. The molecule has 0 bridgehead atoms. The van der Waals surface area contributed by atoms with Crippen LogP contribution >= 0.6 is 0 Å². The first-order chi connectivity index (χ1) is 4.41. The monoisotopic (exact) mass is 131 g/mol. The topological polar surface area (TPSA) is 29.1 Å². The summed E-state index contributed by atoms with van der Waals surface area (Å²) in [6.07, 6.45) is 2.14. The van der Waals surface area contributed by atoms with Crippen molar-refractivity contribution in [2.75, 3.05) is 13.1 Å². The summed E-state index contributed by atoms with van der Waals surface area (Å²) in [5.41, 5.74) is 0. The maximum Gasteiger partial charge on any atom is 0.116 e. The first kappa shape index (κ1) is 11.4. The van der Waals surface area contributed by atoms with Crippen molar-refractivity contribution in [3.05, 3.63) is 0 Å². The second-order valence-electron chi connectivity index (χ2n) is 1.34. The van der Waals surface area contributed by atoms with Gasteiger partial charge in [0.2, 0.25) is 0 Å². The van der Waals surface area contributed by atoms with E-state index in [0.717, 1.165) is 6.29 Å². The Morgan fingerprint density at radius 1 is 1.33 bits per heavy atom. The zero-order valence-electron chi connectivity index (χ0n) is 6.61. The van der Waals surface area contributed by atoms with E-state index in [1.165, 1.54) is 26.4 Å². The van der Waals surface area contributed by atoms with Gasteiger partial charge in [-0.25, -0.2) is 0 Å². The molecule has 0 saturated carbocycles. The molecule has 0 aromatic carbocycles. The maximum atomic E-state index is 8.81. The Kier molecular flexibility index (Phi) is 19.9. The molecule has 0 amide bonds. The molecule has 1 rings (SSSR count). The normalized spacial score (nSPS) is 12.8. The summed E-state index contributed by atoms with van der Waals surface area (Å²) < 4.78 is 0. The molecule has 0 aliphatic carbocycles. The molecular weight excluding hydrogens is 114 g/mol. The van der Waals surface area contributed by atoms with Gasteiger partial charge >= 0.3 is 0 Å². The van der Waals surface area contributed by atoms with Crippen molar-refractivity contribution in [2.45, 2.75) is 27.2 Å². The van der Waals surface area contributed by atoms with Crippen molar-refractivity contribution in [3.63, 3.8) is 0 Å². The van der Waals surface area contributed by atoms with Crippen molar-refractivity contribution in [3.8, 4) is 0 Å². The molecule has 56 valence electrons. The molecule has 0 spiro atoms. The van der Waals surface area contributed by atoms with E-state index in [1.54, 1.807) is 0 Å². The second-order valence-corrected chi connectivity index (χ2v) is 1.34. The van der Waals surface area contributed by atoms with Crippen LogP contribution < -0.4 is 5.32 Å². The third-order valence-electron chi connectivity index (χ3n) is 0.707. The first-order valence-corrected chi connectivity index (χ1v) is 3.52. The molecule has 9 heavy (non-hydrogen) atoms. The number of nitrogens with one attached hydrogen (secondary N) is 1. The zero-order valence-corrected chi connectivity index (χ0v) is 6.61. The van der Waals surface area contributed by atoms with Crippen LogP contribution in [-0.4, -0.2) is 19.4 Å². The molecule has 1 fully saturated rings. The van der Waals surface area contributed by atoms with Crippen LogP contribution in [0.2, 0.25) is 0 Å². The van der Waals surface area contributed by atoms with Crippen LogP contribution in [0.3, 0.4) is 0 Å². The van der Waals surface area contributed by atoms with Gasteiger partial charge in [0, 0.05) is 0 Å². The number of aldehydes is 1. The predicted octanol–water partition coefficient (Wildman–Crippen LogP) is 1.21. The summed E-state index contributed by atoms with van der Waals surface area (Å²) in [6.45, 7) is 7.94. The highest BCUT2D eigenvalue weighted by atomic mass is 16.1. The Hall–Kier alpha value is -0.370. The van der Waals surface area contributed by atoms with Gasteiger partial charge in [-0.1, -0.05) is 13.8 Å². The second kappa shape index (κ2) is 15.6. The van der Waals surface area contributed by atoms with E-state index in [9.17, 15) is 0 Å². The Morgan fingerprint density at radius 3 is 1.44 bits per heavy atom. The summed E-state index contributed by atoms with van der Waals surface area (Å²) in [4.78, 5) is 8.81. The Balaban J connectivity index is 0. The molecule has 1 N–H and O–H groups in total. The Bertz CT molecular complexity index is 38.2. The van der Waals surface area contributed by atoms with Crippen molar-refractivity contribution >= 4 is 6.29 Å². The van der Waals surface area contributed by atoms with Gasteiger partial charge < -0.3 is 10.1 Å². The minimum atomic E-state index is 0.750. The van der Waals surface area contributed by atoms with Gasteiger partial charge in [0.15, 0.2) is 0 Å². The Labute approximate surface area is 57.6 Å². The average molecular weight is 131 g/mol. The molecule has 0 unspecified atom stereocenters. The van der Waals surface area contributed by atoms with Crippen LogP contribution in [-0.2, 0) is 4.79 Å². The number of hydrogen-bond donors (Lipinski definition) is 1. The van der Waals surface area contributed by atoms with E-state index >= 15 is 0 Å². The average Bonchev–Trinajstić information content (AvgIpc) is 1.68. The highest BCUT2D eigenvalue weighted by Crippen LogP contribution is 1.80. The maximum absolute atomic E-state index is 8.81. The zero-order chi connectivity index (χ0) is 7.54. The van der Waals surface area contributed by atoms with Gasteiger partial charge in [0.25, 0.3) is 0 Å². The molecule has 0 aromatic rings. The van der Waals surface area contributed by atoms with Crippen LogP contribution in [0.1, 0.15) is 27.2 Å². The van der Waals surface area contributed by atoms with Gasteiger partial charge in [-0.3, -0.25) is 0 Å². The minimum absolute atomic E-state index is 0.750. The SMILES string of the molecule is C1CNC1.CC.CC=O. The molecule has 1 heterocycles. The number of hydrogen-bond acceptors (Lipinski definition) is 2. The van der Waals surface area contributed by atoms with Gasteiger partial charge in [-0.05, 0) is 26.4 Å². The Morgan fingerprint density at radius 2 is 1.44 bits per heavy atom. The van der Waals surface area contributed by atoms with Gasteiger partial charge in [-0.2, -0.15) is 0 Å². The molecule has 2 nitrogen and oxygen atoms in total. The van der Waals surface area contributed by atoms with Gasteiger partial charge in [-0.15, -0.1) is 0 Å². The highest BCUT2D eigenvalue weighted by Gasteiger charge is 1.92. The number of carbonyl (C=O) groups is 1. The van der Waals surface area contributed by atoms with E-state index in [2.05, 4.69) is 5.32 Å². The molecule has 0 radical (unpaired) electrons. The number of carbonyl (C=O) groups excluding carboxylic acids is 1. The van der Waals surface area contributed by atoms with E-state index in [1.807, 2.05) is 13.8 Å². The highest BCUT2D eigenvalue weighted by molar-refractivity contribution is 5.44. The summed E-state index contributed by atoms with van der Waals surface area (Å²) in [5, 5.41) is 3.11. The van der Waals surface area contributed by atoms with Crippen molar-refractivity contribution in [2.24, 2.45) is 0 Å². The van der Waals surface area contributed by atoms with Crippen molar-refractivity contribution < 1.29 is 4.79 Å². The van der Waals surface area contributed by atoms with Crippen LogP contribution in [0.5, 0.6) is 0 Å². The molecule has 0 atom stereocenters. The standard InChI is InChI=1S/C3H7N.C2H4O.C2H6/c1-2-4-3-1;1-2-3;1-2/h4H,1-3H2;2H,1H3;1-2H3. The van der Waals surface area contributed by atoms with Crippen LogP contribution in [0.15, 0.2) is 0 Å². The van der Waals surface area contributed by atoms with Gasteiger partial charge in [0.05, 0.1) is 0 Å². The van der Waals surface area contributed by atoms with E-state index < -0.39 is 0 Å². The van der Waals surface area contributed by atoms with E-state index in [-0.39, 0.29) is 0 Å². The van der Waals surface area contributed by atoms with E-state index in [0.29, 0.717) is 0 Å². The van der Waals surface area contributed by atoms with Crippen LogP contribution in [0, 0.1) is 0 Å². The lowest BCUT2D eigenvalue weighted by Gasteiger charge is -2.09. The smallest absolute Gasteiger partial charge is 0.116 e. The molecule has 0 aromatic heterocycles. The summed E-state index contributed by atoms with van der Waals surface area (Å²) in [5.74, 6) is 0. The third kappa shape index (κ3) is 18.4. The lowest BCUT2D eigenvalue weighted by atomic mass is 10.3. The fourth-order valence-electron chi connectivity index (χ4n) is 0.177. The minimum Gasteiger partial charge on any atom is -0.317 e. The van der Waals surface area contributed by atoms with Crippen LogP contribution in [0.25, 0.3) is 0 Å². The van der Waals surface area contributed by atoms with Crippen molar-refractivity contribution in [1.82, 2.24) is 5.32 Å². The number of rotatable bonds is 0. The molecule has 1 aliphatic heterocycles. The summed E-state index contributed by atoms with van der Waals surface area (Å²) in [7, 11) is 0.